The highest BCUT2D eigenvalue weighted by Crippen LogP contribution is 2.44. The first-order valence-corrected chi connectivity index (χ1v) is 11.1. The monoisotopic (exact) mass is 503 g/mol. The minimum Gasteiger partial charge on any atom is -0.446 e. The molecule has 1 unspecified atom stereocenters. The zero-order chi connectivity index (χ0) is 23.5. The van der Waals surface area contributed by atoms with Crippen LogP contribution in [0.4, 0.5) is 15.3 Å². The summed E-state index contributed by atoms with van der Waals surface area (Å²) in [5.41, 5.74) is 2.71. The molecule has 32 heavy (non-hydrogen) atoms. The largest absolute Gasteiger partial charge is 0.446 e. The van der Waals surface area contributed by atoms with Gasteiger partial charge in [-0.05, 0) is 51.5 Å². The van der Waals surface area contributed by atoms with Crippen LogP contribution in [0.1, 0.15) is 38.8 Å². The van der Waals surface area contributed by atoms with Crippen molar-refractivity contribution in [3.63, 3.8) is 0 Å². The average Bonchev–Trinajstić information content (AvgIpc) is 2.97. The van der Waals surface area contributed by atoms with E-state index in [9.17, 15) is 14.4 Å². The first kappa shape index (κ1) is 23.6. The van der Waals surface area contributed by atoms with Crippen molar-refractivity contribution in [2.24, 2.45) is 0 Å². The fourth-order valence-electron chi connectivity index (χ4n) is 3.57. The summed E-state index contributed by atoms with van der Waals surface area (Å²) in [6.07, 6.45) is -2.56. The van der Waals surface area contributed by atoms with E-state index in [0.29, 0.717) is 15.7 Å². The lowest BCUT2D eigenvalue weighted by atomic mass is 9.84. The second-order valence-corrected chi connectivity index (χ2v) is 8.92. The summed E-state index contributed by atoms with van der Waals surface area (Å²) in [5.74, 6) is -0.472. The third-order valence-electron chi connectivity index (χ3n) is 4.80. The number of ether oxygens (including phenoxy) is 2. The van der Waals surface area contributed by atoms with E-state index in [4.69, 9.17) is 9.47 Å². The summed E-state index contributed by atoms with van der Waals surface area (Å²) in [7, 11) is 0. The summed E-state index contributed by atoms with van der Waals surface area (Å²) < 4.78 is 11.3. The molecular formula is C23H26BrN3O5. The van der Waals surface area contributed by atoms with E-state index in [1.807, 2.05) is 30.3 Å². The Balaban J connectivity index is 2.18. The molecule has 0 aliphatic carbocycles. The number of hydrogen-bond acceptors (Lipinski definition) is 5. The maximum atomic E-state index is 13.5. The predicted molar refractivity (Wildman–Crippen MR) is 123 cm³/mol. The molecule has 0 fully saturated rings. The Morgan fingerprint density at radius 3 is 2.34 bits per heavy atom. The van der Waals surface area contributed by atoms with Crippen LogP contribution < -0.4 is 10.7 Å². The van der Waals surface area contributed by atoms with Gasteiger partial charge in [0, 0.05) is 22.1 Å². The number of carbonyl (C=O) groups excluding carboxylic acids is 3. The van der Waals surface area contributed by atoms with E-state index in [-0.39, 0.29) is 6.42 Å². The summed E-state index contributed by atoms with van der Waals surface area (Å²) in [6.45, 7) is 6.74. The van der Waals surface area contributed by atoms with Crippen molar-refractivity contribution in [3.8, 4) is 0 Å². The molecule has 2 aromatic rings. The molecule has 1 atom stereocenters. The number of anilines is 1. The van der Waals surface area contributed by atoms with Crippen LogP contribution in [0.3, 0.4) is 0 Å². The number of rotatable bonds is 5. The van der Waals surface area contributed by atoms with Gasteiger partial charge in [-0.2, -0.15) is 5.01 Å². The quantitative estimate of drug-likeness (QED) is 0.574. The highest BCUT2D eigenvalue weighted by Gasteiger charge is 2.55. The molecule has 2 N–H and O–H groups in total. The van der Waals surface area contributed by atoms with Gasteiger partial charge in [0.2, 0.25) is 0 Å². The van der Waals surface area contributed by atoms with Gasteiger partial charge in [0.25, 0.3) is 5.91 Å². The minimum atomic E-state index is -1.61. The van der Waals surface area contributed by atoms with E-state index < -0.39 is 35.8 Å². The van der Waals surface area contributed by atoms with Crippen molar-refractivity contribution in [2.75, 3.05) is 5.32 Å². The molecule has 0 saturated heterocycles. The van der Waals surface area contributed by atoms with Gasteiger partial charge in [0.15, 0.2) is 5.54 Å². The third-order valence-corrected chi connectivity index (χ3v) is 5.29. The molecular weight excluding hydrogens is 478 g/mol. The molecule has 9 heteroatoms. The van der Waals surface area contributed by atoms with E-state index in [1.165, 1.54) is 0 Å². The maximum Gasteiger partial charge on any atom is 0.430 e. The van der Waals surface area contributed by atoms with Crippen molar-refractivity contribution in [3.05, 3.63) is 64.1 Å². The Hall–Kier alpha value is -3.07. The smallest absolute Gasteiger partial charge is 0.430 e. The number of nitrogens with zero attached hydrogens (tertiary/aromatic N) is 1. The van der Waals surface area contributed by atoms with E-state index in [0.717, 1.165) is 10.6 Å². The van der Waals surface area contributed by atoms with Crippen LogP contribution in [0.15, 0.2) is 53.0 Å². The van der Waals surface area contributed by atoms with Gasteiger partial charge in [-0.15, -0.1) is 0 Å². The molecule has 170 valence electrons. The molecule has 2 aromatic carbocycles. The number of nitrogens with one attached hydrogen (secondary N) is 2. The average molecular weight is 504 g/mol. The van der Waals surface area contributed by atoms with E-state index in [2.05, 4.69) is 26.7 Å². The number of carbonyl (C=O) groups is 3. The van der Waals surface area contributed by atoms with Gasteiger partial charge < -0.3 is 14.8 Å². The normalized spacial score (nSPS) is 17.0. The Labute approximate surface area is 195 Å². The van der Waals surface area contributed by atoms with Crippen molar-refractivity contribution >= 4 is 39.7 Å². The van der Waals surface area contributed by atoms with Crippen LogP contribution in [0.25, 0.3) is 0 Å². The summed E-state index contributed by atoms with van der Waals surface area (Å²) in [6, 6.07) is 14.5. The first-order chi connectivity index (χ1) is 15.1. The van der Waals surface area contributed by atoms with Gasteiger partial charge in [0.05, 0.1) is 12.2 Å². The topological polar surface area (TPSA) is 97.0 Å². The van der Waals surface area contributed by atoms with E-state index in [1.54, 1.807) is 45.9 Å². The lowest BCUT2D eigenvalue weighted by Crippen LogP contribution is -2.62. The molecule has 1 heterocycles. The number of halogens is 1. The van der Waals surface area contributed by atoms with Crippen molar-refractivity contribution in [2.45, 2.75) is 51.9 Å². The third kappa shape index (κ3) is 4.88. The Kier molecular flexibility index (Phi) is 7.08. The Bertz CT molecular complexity index is 1010. The first-order valence-electron chi connectivity index (χ1n) is 10.3. The molecule has 0 aromatic heterocycles. The number of fused-ring (bicyclic) bond motifs is 1. The molecule has 3 amide bonds. The van der Waals surface area contributed by atoms with Gasteiger partial charge in [-0.3, -0.25) is 4.79 Å². The number of hydrazine groups is 1. The van der Waals surface area contributed by atoms with Gasteiger partial charge in [-0.1, -0.05) is 46.3 Å². The fraction of sp³-hybridized carbons (Fsp3) is 0.348. The maximum absolute atomic E-state index is 13.5. The van der Waals surface area contributed by atoms with Gasteiger partial charge >= 0.3 is 12.2 Å². The van der Waals surface area contributed by atoms with Crippen LogP contribution in [0.5, 0.6) is 0 Å². The molecule has 0 spiro atoms. The van der Waals surface area contributed by atoms with Crippen molar-refractivity contribution in [1.29, 1.82) is 0 Å². The second-order valence-electron chi connectivity index (χ2n) is 8.00. The zero-order valence-electron chi connectivity index (χ0n) is 18.3. The van der Waals surface area contributed by atoms with Crippen LogP contribution in [-0.4, -0.2) is 35.3 Å². The molecule has 0 bridgehead atoms. The molecule has 1 aliphatic rings. The van der Waals surface area contributed by atoms with Gasteiger partial charge in [-0.25, -0.2) is 15.0 Å². The van der Waals surface area contributed by atoms with Crippen LogP contribution in [0, 0.1) is 0 Å². The summed E-state index contributed by atoms with van der Waals surface area (Å²) in [5, 5.41) is 3.78. The Morgan fingerprint density at radius 1 is 1.06 bits per heavy atom. The van der Waals surface area contributed by atoms with Gasteiger partial charge in [0.1, 0.15) is 0 Å². The summed E-state index contributed by atoms with van der Waals surface area (Å²) in [4.78, 5) is 39.3. The molecule has 0 saturated carbocycles. The molecule has 0 radical (unpaired) electrons. The highest BCUT2D eigenvalue weighted by atomic mass is 79.9. The zero-order valence-corrected chi connectivity index (χ0v) is 19.9. The highest BCUT2D eigenvalue weighted by molar-refractivity contribution is 9.10. The lowest BCUT2D eigenvalue weighted by molar-refractivity contribution is -0.129. The number of amides is 3. The fourth-order valence-corrected chi connectivity index (χ4v) is 3.93. The standard InChI is InChI=1S/C23H26BrN3O5/c1-14(2)31-21(29)26-27(22(30)32-15(3)4)23(13-16-8-6-5-7-9-16)18-12-17(24)10-11-19(18)25-20(23)28/h5-12,14-15H,13H2,1-4H3,(H,25,28)(H,26,29). The molecule has 8 nitrogen and oxygen atoms in total. The minimum absolute atomic E-state index is 0.0955. The predicted octanol–water partition coefficient (Wildman–Crippen LogP) is 4.74. The second kappa shape index (κ2) is 9.60. The number of benzene rings is 2. The SMILES string of the molecule is CC(C)OC(=O)NN(C(=O)OC(C)C)C1(Cc2ccccc2)C(=O)Nc2ccc(Br)cc21. The molecule has 3 rings (SSSR count). The lowest BCUT2D eigenvalue weighted by Gasteiger charge is -2.38. The van der Waals surface area contributed by atoms with Crippen LogP contribution >= 0.6 is 15.9 Å². The van der Waals surface area contributed by atoms with Crippen molar-refractivity contribution in [1.82, 2.24) is 10.4 Å². The van der Waals surface area contributed by atoms with Crippen LogP contribution in [-0.2, 0) is 26.2 Å². The summed E-state index contributed by atoms with van der Waals surface area (Å²) >= 11 is 3.45. The van der Waals surface area contributed by atoms with E-state index >= 15 is 0 Å². The molecule has 1 aliphatic heterocycles. The van der Waals surface area contributed by atoms with Crippen LogP contribution in [0.2, 0.25) is 0 Å². The Morgan fingerprint density at radius 2 is 1.72 bits per heavy atom. The number of hydrogen-bond donors (Lipinski definition) is 2. The van der Waals surface area contributed by atoms with Crippen molar-refractivity contribution < 1.29 is 23.9 Å².